The van der Waals surface area contributed by atoms with Crippen molar-refractivity contribution in [1.29, 1.82) is 0 Å². The monoisotopic (exact) mass is 347 g/mol. The molecule has 1 aliphatic carbocycles. The van der Waals surface area contributed by atoms with Crippen molar-refractivity contribution in [2.24, 2.45) is 5.92 Å². The second-order valence-corrected chi connectivity index (χ2v) is 7.71. The Morgan fingerprint density at radius 1 is 1.28 bits per heavy atom. The van der Waals surface area contributed by atoms with E-state index in [1.165, 1.54) is 10.5 Å². The minimum absolute atomic E-state index is 0.307. The Balaban J connectivity index is 1.41. The van der Waals surface area contributed by atoms with E-state index in [-0.39, 0.29) is 0 Å². The van der Waals surface area contributed by atoms with E-state index in [0.717, 1.165) is 44.8 Å². The highest BCUT2D eigenvalue weighted by molar-refractivity contribution is 5.81. The molecule has 0 aromatic heterocycles. The Hall–Kier alpha value is -1.59. The third-order valence-corrected chi connectivity index (χ3v) is 5.21. The van der Waals surface area contributed by atoms with Crippen LogP contribution in [0.2, 0.25) is 0 Å². The van der Waals surface area contributed by atoms with Gasteiger partial charge in [0, 0.05) is 5.92 Å². The first-order chi connectivity index (χ1) is 12.0. The number of ether oxygens (including phenoxy) is 1. The normalized spacial score (nSPS) is 19.9. The molecule has 25 heavy (non-hydrogen) atoms. The summed E-state index contributed by atoms with van der Waals surface area (Å²) in [5.41, 5.74) is 1.18. The molecule has 1 amide bonds. The molecule has 1 heterocycles. The van der Waals surface area contributed by atoms with Crippen molar-refractivity contribution < 1.29 is 19.5 Å². The van der Waals surface area contributed by atoms with Crippen LogP contribution in [0.25, 0.3) is 0 Å². The molecule has 5 heteroatoms. The van der Waals surface area contributed by atoms with Gasteiger partial charge in [0.15, 0.2) is 0 Å². The minimum Gasteiger partial charge on any atom is -0.490 e. The maximum atomic E-state index is 12.1. The number of piperazine rings is 1. The fraction of sp³-hybridized carbons (Fsp3) is 0.650. The van der Waals surface area contributed by atoms with Crippen molar-refractivity contribution >= 4 is 5.91 Å². The van der Waals surface area contributed by atoms with Crippen LogP contribution in [0.3, 0.4) is 0 Å². The molecule has 0 unspecified atom stereocenters. The number of carbonyl (C=O) groups excluding carboxylic acids is 1. The number of benzene rings is 1. The number of carbonyl (C=O) groups is 1. The number of quaternary nitrogens is 1. The van der Waals surface area contributed by atoms with Crippen molar-refractivity contribution in [3.63, 3.8) is 0 Å². The van der Waals surface area contributed by atoms with Gasteiger partial charge in [-0.2, -0.15) is 0 Å². The first-order valence-electron chi connectivity index (χ1n) is 9.56. The maximum absolute atomic E-state index is 12.1. The highest BCUT2D eigenvalue weighted by Crippen LogP contribution is 2.30. The van der Waals surface area contributed by atoms with Gasteiger partial charge in [0.1, 0.15) is 25.0 Å². The van der Waals surface area contributed by atoms with Crippen LogP contribution < -0.4 is 9.64 Å². The lowest BCUT2D eigenvalue weighted by molar-refractivity contribution is -0.907. The van der Waals surface area contributed by atoms with Crippen molar-refractivity contribution in [2.75, 3.05) is 39.3 Å². The number of amides is 1. The molecule has 0 radical (unpaired) electrons. The fourth-order valence-corrected chi connectivity index (χ4v) is 3.50. The lowest BCUT2D eigenvalue weighted by Gasteiger charge is -2.33. The van der Waals surface area contributed by atoms with Gasteiger partial charge in [0.25, 0.3) is 0 Å². The van der Waals surface area contributed by atoms with Gasteiger partial charge in [0.2, 0.25) is 5.91 Å². The molecular weight excluding hydrogens is 316 g/mol. The zero-order valence-corrected chi connectivity index (χ0v) is 15.4. The van der Waals surface area contributed by atoms with Crippen LogP contribution in [0, 0.1) is 5.92 Å². The number of rotatable bonds is 7. The van der Waals surface area contributed by atoms with Crippen molar-refractivity contribution in [2.45, 2.75) is 38.7 Å². The van der Waals surface area contributed by atoms with Gasteiger partial charge in [-0.05, 0) is 30.4 Å². The van der Waals surface area contributed by atoms with E-state index in [2.05, 4.69) is 19.9 Å². The van der Waals surface area contributed by atoms with Crippen LogP contribution in [0.1, 0.15) is 38.2 Å². The molecule has 1 atom stereocenters. The molecule has 1 aliphatic heterocycles. The number of hydrogen-bond acceptors (Lipinski definition) is 3. The van der Waals surface area contributed by atoms with Crippen LogP contribution in [0.4, 0.5) is 0 Å². The van der Waals surface area contributed by atoms with E-state index in [4.69, 9.17) is 4.74 Å². The molecule has 138 valence electrons. The number of hydrogen-bond donors (Lipinski definition) is 2. The molecule has 3 rings (SSSR count). The van der Waals surface area contributed by atoms with Crippen LogP contribution in [-0.4, -0.2) is 61.3 Å². The summed E-state index contributed by atoms with van der Waals surface area (Å²) in [5.74, 6) is 1.91. The maximum Gasteiger partial charge on any atom is 0.226 e. The predicted octanol–water partition coefficient (Wildman–Crippen LogP) is 0.687. The number of nitrogens with one attached hydrogen (secondary N) is 1. The molecule has 2 fully saturated rings. The third-order valence-electron chi connectivity index (χ3n) is 5.21. The third kappa shape index (κ3) is 4.95. The summed E-state index contributed by atoms with van der Waals surface area (Å²) < 4.78 is 5.87. The summed E-state index contributed by atoms with van der Waals surface area (Å²) in [6.45, 7) is 8.74. The Labute approximate surface area is 150 Å². The summed E-state index contributed by atoms with van der Waals surface area (Å²) in [6, 6.07) is 8.03. The van der Waals surface area contributed by atoms with E-state index in [1.54, 1.807) is 0 Å². The molecule has 0 bridgehead atoms. The van der Waals surface area contributed by atoms with Crippen molar-refractivity contribution in [3.8, 4) is 5.75 Å². The number of aliphatic hydroxyl groups is 1. The summed E-state index contributed by atoms with van der Waals surface area (Å²) in [5, 5.41) is 10.3. The molecule has 1 saturated heterocycles. The van der Waals surface area contributed by atoms with Gasteiger partial charge < -0.3 is 19.6 Å². The van der Waals surface area contributed by atoms with Gasteiger partial charge >= 0.3 is 0 Å². The van der Waals surface area contributed by atoms with Crippen LogP contribution in [-0.2, 0) is 4.79 Å². The Morgan fingerprint density at radius 2 is 1.96 bits per heavy atom. The van der Waals surface area contributed by atoms with Crippen LogP contribution in [0.5, 0.6) is 5.75 Å². The molecule has 2 N–H and O–H groups in total. The summed E-state index contributed by atoms with van der Waals surface area (Å²) in [4.78, 5) is 15.4. The van der Waals surface area contributed by atoms with E-state index in [9.17, 15) is 9.90 Å². The second-order valence-electron chi connectivity index (χ2n) is 7.71. The molecule has 1 aromatic rings. The average molecular weight is 347 g/mol. The van der Waals surface area contributed by atoms with Crippen LogP contribution in [0.15, 0.2) is 24.3 Å². The molecule has 2 aliphatic rings. The Bertz CT molecular complexity index is 578. The largest absolute Gasteiger partial charge is 0.490 e. The molecule has 5 nitrogen and oxygen atoms in total. The van der Waals surface area contributed by atoms with Crippen molar-refractivity contribution in [1.82, 2.24) is 4.90 Å². The Morgan fingerprint density at radius 3 is 2.60 bits per heavy atom. The first kappa shape index (κ1) is 18.2. The van der Waals surface area contributed by atoms with E-state index in [1.807, 2.05) is 23.1 Å². The van der Waals surface area contributed by atoms with Gasteiger partial charge in [-0.3, -0.25) is 4.79 Å². The van der Waals surface area contributed by atoms with Gasteiger partial charge in [-0.1, -0.05) is 32.0 Å². The zero-order chi connectivity index (χ0) is 17.8. The van der Waals surface area contributed by atoms with Crippen LogP contribution >= 0.6 is 0 Å². The SMILES string of the molecule is CC(C)c1ccccc1OC[C@H](O)C[NH+]1CCN(C(=O)C2CC2)CC1. The average Bonchev–Trinajstić information content (AvgIpc) is 3.45. The van der Waals surface area contributed by atoms with E-state index in [0.29, 0.717) is 30.9 Å². The second kappa shape index (κ2) is 8.19. The standard InChI is InChI=1S/C20H30N2O3/c1-15(2)18-5-3-4-6-19(18)25-14-17(23)13-21-9-11-22(12-10-21)20(24)16-7-8-16/h3-6,15-17,23H,7-14H2,1-2H3/p+1/t17-/m1/s1. The highest BCUT2D eigenvalue weighted by atomic mass is 16.5. The summed E-state index contributed by atoms with van der Waals surface area (Å²) >= 11 is 0. The Kier molecular flexibility index (Phi) is 5.97. The summed E-state index contributed by atoms with van der Waals surface area (Å²) in [6.07, 6.45) is 1.65. The molecule has 0 spiro atoms. The zero-order valence-electron chi connectivity index (χ0n) is 15.4. The predicted molar refractivity (Wildman–Crippen MR) is 96.9 cm³/mol. The molecule has 1 saturated carbocycles. The van der Waals surface area contributed by atoms with Crippen molar-refractivity contribution in [3.05, 3.63) is 29.8 Å². The minimum atomic E-state index is -0.485. The number of nitrogens with zero attached hydrogens (tertiary/aromatic N) is 1. The van der Waals surface area contributed by atoms with Gasteiger partial charge in [0.05, 0.1) is 26.2 Å². The summed E-state index contributed by atoms with van der Waals surface area (Å²) in [7, 11) is 0. The smallest absolute Gasteiger partial charge is 0.226 e. The first-order valence-corrected chi connectivity index (χ1v) is 9.56. The highest BCUT2D eigenvalue weighted by Gasteiger charge is 2.35. The fourth-order valence-electron chi connectivity index (χ4n) is 3.50. The van der Waals surface area contributed by atoms with Gasteiger partial charge in [-0.15, -0.1) is 0 Å². The topological polar surface area (TPSA) is 54.2 Å². The number of aliphatic hydroxyl groups excluding tert-OH is 1. The number of para-hydroxylation sites is 1. The van der Waals surface area contributed by atoms with Gasteiger partial charge in [-0.25, -0.2) is 0 Å². The molecule has 1 aromatic carbocycles. The lowest BCUT2D eigenvalue weighted by atomic mass is 10.0. The van der Waals surface area contributed by atoms with E-state index >= 15 is 0 Å². The van der Waals surface area contributed by atoms with E-state index < -0.39 is 6.10 Å². The molecular formula is C20H31N2O3+. The lowest BCUT2D eigenvalue weighted by Crippen LogP contribution is -3.16. The quantitative estimate of drug-likeness (QED) is 0.763.